The number of hydrogen-bond donors (Lipinski definition) is 1. The van der Waals surface area contributed by atoms with Gasteiger partial charge in [0.25, 0.3) is 5.89 Å². The summed E-state index contributed by atoms with van der Waals surface area (Å²) < 4.78 is 15.6. The Kier molecular flexibility index (Phi) is 4.01. The van der Waals surface area contributed by atoms with Gasteiger partial charge in [-0.25, -0.2) is 0 Å². The zero-order valence-electron chi connectivity index (χ0n) is 11.1. The van der Waals surface area contributed by atoms with Crippen LogP contribution in [-0.2, 0) is 4.74 Å². The third-order valence-electron chi connectivity index (χ3n) is 2.65. The molecule has 2 aromatic rings. The number of ether oxygens (including phenoxy) is 2. The highest BCUT2D eigenvalue weighted by molar-refractivity contribution is 5.59. The minimum Gasteiger partial charge on any atom is -0.504 e. The van der Waals surface area contributed by atoms with Gasteiger partial charge in [0.2, 0.25) is 5.82 Å². The van der Waals surface area contributed by atoms with E-state index in [1.165, 1.54) is 13.2 Å². The van der Waals surface area contributed by atoms with E-state index in [0.29, 0.717) is 29.6 Å². The van der Waals surface area contributed by atoms with Crippen LogP contribution < -0.4 is 4.74 Å². The van der Waals surface area contributed by atoms with Crippen molar-refractivity contribution in [2.24, 2.45) is 0 Å². The number of phenolic OH excluding ortho intramolecular Hbond substituents is 1. The summed E-state index contributed by atoms with van der Waals surface area (Å²) in [6.45, 7) is 4.34. The summed E-state index contributed by atoms with van der Waals surface area (Å²) in [7, 11) is 1.48. The van der Waals surface area contributed by atoms with Crippen molar-refractivity contribution >= 4 is 0 Å². The smallest absolute Gasteiger partial charge is 0.258 e. The van der Waals surface area contributed by atoms with Gasteiger partial charge in [0.1, 0.15) is 6.10 Å². The number of rotatable bonds is 5. The van der Waals surface area contributed by atoms with E-state index in [0.717, 1.165) is 0 Å². The Balaban J connectivity index is 2.27. The molecule has 6 nitrogen and oxygen atoms in total. The summed E-state index contributed by atoms with van der Waals surface area (Å²) in [5, 5.41) is 13.4. The van der Waals surface area contributed by atoms with Crippen LogP contribution in [-0.4, -0.2) is 29.0 Å². The Morgan fingerprint density at radius 2 is 2.21 bits per heavy atom. The van der Waals surface area contributed by atoms with Crippen molar-refractivity contribution in [2.45, 2.75) is 20.0 Å². The van der Waals surface area contributed by atoms with Crippen LogP contribution in [0.15, 0.2) is 22.7 Å². The predicted molar refractivity (Wildman–Crippen MR) is 68.0 cm³/mol. The Bertz CT molecular complexity index is 553. The summed E-state index contributed by atoms with van der Waals surface area (Å²) in [6, 6.07) is 4.84. The van der Waals surface area contributed by atoms with Crippen molar-refractivity contribution in [1.29, 1.82) is 0 Å². The molecule has 0 amide bonds. The molecule has 0 saturated heterocycles. The first kappa shape index (κ1) is 13.4. The van der Waals surface area contributed by atoms with Crippen LogP contribution >= 0.6 is 0 Å². The first-order valence-electron chi connectivity index (χ1n) is 5.98. The maximum atomic E-state index is 9.53. The molecule has 0 radical (unpaired) electrons. The van der Waals surface area contributed by atoms with Crippen molar-refractivity contribution < 1.29 is 19.1 Å². The highest BCUT2D eigenvalue weighted by Gasteiger charge is 2.16. The number of aromatic nitrogens is 2. The van der Waals surface area contributed by atoms with E-state index in [4.69, 9.17) is 14.0 Å². The lowest BCUT2D eigenvalue weighted by atomic mass is 10.2. The van der Waals surface area contributed by atoms with Gasteiger partial charge in [-0.2, -0.15) is 4.98 Å². The zero-order valence-corrected chi connectivity index (χ0v) is 11.1. The van der Waals surface area contributed by atoms with Crippen LogP contribution in [0.4, 0.5) is 0 Å². The van der Waals surface area contributed by atoms with Gasteiger partial charge in [0.05, 0.1) is 7.11 Å². The minimum atomic E-state index is -0.221. The van der Waals surface area contributed by atoms with Gasteiger partial charge in [0.15, 0.2) is 11.5 Å². The van der Waals surface area contributed by atoms with Gasteiger partial charge in [-0.3, -0.25) is 0 Å². The van der Waals surface area contributed by atoms with E-state index < -0.39 is 0 Å². The molecule has 1 unspecified atom stereocenters. The molecule has 1 aromatic heterocycles. The molecule has 1 N–H and O–H groups in total. The van der Waals surface area contributed by atoms with Crippen molar-refractivity contribution in [1.82, 2.24) is 10.1 Å². The summed E-state index contributed by atoms with van der Waals surface area (Å²) >= 11 is 0. The largest absolute Gasteiger partial charge is 0.504 e. The molecule has 0 fully saturated rings. The zero-order chi connectivity index (χ0) is 13.8. The molecule has 1 heterocycles. The molecule has 0 aliphatic carbocycles. The van der Waals surface area contributed by atoms with Gasteiger partial charge in [-0.05, 0) is 32.0 Å². The molecule has 2 rings (SSSR count). The van der Waals surface area contributed by atoms with Crippen molar-refractivity contribution in [3.05, 3.63) is 24.0 Å². The molecule has 6 heteroatoms. The van der Waals surface area contributed by atoms with Crippen LogP contribution in [0.3, 0.4) is 0 Å². The van der Waals surface area contributed by atoms with Crippen molar-refractivity contribution in [3.63, 3.8) is 0 Å². The van der Waals surface area contributed by atoms with Crippen LogP contribution in [0.25, 0.3) is 11.5 Å². The first-order chi connectivity index (χ1) is 9.15. The number of hydrogen-bond acceptors (Lipinski definition) is 6. The lowest BCUT2D eigenvalue weighted by Gasteiger charge is -2.05. The molecule has 0 saturated carbocycles. The molecule has 1 aromatic carbocycles. The SMILES string of the molecule is CCOC(C)c1noc(-c2ccc(O)c(OC)c2)n1. The molecule has 0 aliphatic rings. The fraction of sp³-hybridized carbons (Fsp3) is 0.385. The number of nitrogens with zero attached hydrogens (tertiary/aromatic N) is 2. The van der Waals surface area contributed by atoms with Crippen molar-refractivity contribution in [3.8, 4) is 23.0 Å². The van der Waals surface area contributed by atoms with E-state index in [2.05, 4.69) is 10.1 Å². The van der Waals surface area contributed by atoms with Gasteiger partial charge in [0, 0.05) is 12.2 Å². The Morgan fingerprint density at radius 3 is 2.89 bits per heavy atom. The van der Waals surface area contributed by atoms with Gasteiger partial charge >= 0.3 is 0 Å². The molecule has 19 heavy (non-hydrogen) atoms. The average molecular weight is 264 g/mol. The van der Waals surface area contributed by atoms with E-state index in [9.17, 15) is 5.11 Å². The molecule has 0 bridgehead atoms. The maximum Gasteiger partial charge on any atom is 0.258 e. The quantitative estimate of drug-likeness (QED) is 0.894. The van der Waals surface area contributed by atoms with Crippen molar-refractivity contribution in [2.75, 3.05) is 13.7 Å². The standard InChI is InChI=1S/C13H16N2O4/c1-4-18-8(2)12-14-13(19-15-12)9-5-6-10(16)11(7-9)17-3/h5-8,16H,4H2,1-3H3. The minimum absolute atomic E-state index is 0.0636. The third kappa shape index (κ3) is 2.85. The Hall–Kier alpha value is -2.08. The van der Waals surface area contributed by atoms with E-state index in [1.807, 2.05) is 13.8 Å². The second-order valence-electron chi connectivity index (χ2n) is 3.94. The Morgan fingerprint density at radius 1 is 1.42 bits per heavy atom. The van der Waals surface area contributed by atoms with E-state index in [1.54, 1.807) is 12.1 Å². The van der Waals surface area contributed by atoms with Gasteiger partial charge < -0.3 is 19.1 Å². The molecule has 102 valence electrons. The first-order valence-corrected chi connectivity index (χ1v) is 5.98. The molecule has 1 atom stereocenters. The van der Waals surface area contributed by atoms with Crippen LogP contribution in [0.5, 0.6) is 11.5 Å². The van der Waals surface area contributed by atoms with Gasteiger partial charge in [-0.15, -0.1) is 0 Å². The van der Waals surface area contributed by atoms with Crippen LogP contribution in [0.1, 0.15) is 25.8 Å². The summed E-state index contributed by atoms with van der Waals surface area (Å²) in [4.78, 5) is 4.26. The lowest BCUT2D eigenvalue weighted by Crippen LogP contribution is -2.01. The topological polar surface area (TPSA) is 77.6 Å². The molecular weight excluding hydrogens is 248 g/mol. The fourth-order valence-electron chi connectivity index (χ4n) is 1.65. The number of phenols is 1. The van der Waals surface area contributed by atoms with E-state index in [-0.39, 0.29) is 11.9 Å². The molecule has 0 spiro atoms. The van der Waals surface area contributed by atoms with Gasteiger partial charge in [-0.1, -0.05) is 5.16 Å². The maximum absolute atomic E-state index is 9.53. The molecular formula is C13H16N2O4. The molecule has 0 aliphatic heterocycles. The number of aromatic hydroxyl groups is 1. The van der Waals surface area contributed by atoms with Crippen LogP contribution in [0.2, 0.25) is 0 Å². The highest BCUT2D eigenvalue weighted by Crippen LogP contribution is 2.31. The predicted octanol–water partition coefficient (Wildman–Crippen LogP) is 2.55. The van der Waals surface area contributed by atoms with Crippen LogP contribution in [0, 0.1) is 0 Å². The monoisotopic (exact) mass is 264 g/mol. The summed E-state index contributed by atoms with van der Waals surface area (Å²) in [6.07, 6.45) is -0.221. The summed E-state index contributed by atoms with van der Waals surface area (Å²) in [5.41, 5.74) is 0.678. The average Bonchev–Trinajstić information content (AvgIpc) is 2.89. The lowest BCUT2D eigenvalue weighted by molar-refractivity contribution is 0.0683. The number of benzene rings is 1. The fourth-order valence-corrected chi connectivity index (χ4v) is 1.65. The highest BCUT2D eigenvalue weighted by atomic mass is 16.5. The number of methoxy groups -OCH3 is 1. The van der Waals surface area contributed by atoms with E-state index >= 15 is 0 Å². The Labute approximate surface area is 111 Å². The second kappa shape index (κ2) is 5.71. The third-order valence-corrected chi connectivity index (χ3v) is 2.65. The normalized spacial score (nSPS) is 12.4. The summed E-state index contributed by atoms with van der Waals surface area (Å²) in [5.74, 6) is 1.27. The second-order valence-corrected chi connectivity index (χ2v) is 3.94.